The zero-order chi connectivity index (χ0) is 11.8. The van der Waals surface area contributed by atoms with Gasteiger partial charge in [-0.25, -0.2) is 5.84 Å². The maximum atomic E-state index is 11.0. The van der Waals surface area contributed by atoms with Gasteiger partial charge in [0, 0.05) is 20.3 Å². The lowest BCUT2D eigenvalue weighted by Crippen LogP contribution is -2.37. The zero-order valence-corrected chi connectivity index (χ0v) is 9.78. The predicted octanol–water partition coefficient (Wildman–Crippen LogP) is -0.344. The van der Waals surface area contributed by atoms with E-state index in [4.69, 9.17) is 10.6 Å². The lowest BCUT2D eigenvalue weighted by molar-refractivity contribution is -0.151. The van der Waals surface area contributed by atoms with Crippen LogP contribution in [-0.2, 0) is 14.4 Å². The highest BCUT2D eigenvalue weighted by atomic mass is 16.7. The fourth-order valence-electron chi connectivity index (χ4n) is 1.98. The van der Waals surface area contributed by atoms with Crippen molar-refractivity contribution in [2.24, 2.45) is 11.8 Å². The third-order valence-corrected chi connectivity index (χ3v) is 2.91. The van der Waals surface area contributed by atoms with Crippen LogP contribution >= 0.6 is 0 Å². The molecule has 0 aromatic rings. The van der Waals surface area contributed by atoms with E-state index in [2.05, 4.69) is 9.74 Å². The van der Waals surface area contributed by atoms with E-state index in [1.165, 1.54) is 0 Å². The van der Waals surface area contributed by atoms with Gasteiger partial charge in [-0.3, -0.25) is 4.79 Å². The quantitative estimate of drug-likeness (QED) is 0.481. The molecule has 0 atom stereocenters. The second-order valence-corrected chi connectivity index (χ2v) is 4.08. The fourth-order valence-corrected chi connectivity index (χ4v) is 1.98. The van der Waals surface area contributed by atoms with Crippen molar-refractivity contribution in [2.45, 2.75) is 19.3 Å². The van der Waals surface area contributed by atoms with Crippen LogP contribution in [0.1, 0.15) is 19.3 Å². The molecule has 1 aliphatic heterocycles. The van der Waals surface area contributed by atoms with Crippen molar-refractivity contribution in [3.8, 4) is 0 Å². The summed E-state index contributed by atoms with van der Waals surface area (Å²) in [6, 6.07) is 0. The number of nitrogens with one attached hydrogen (secondary N) is 1. The molecule has 3 N–H and O–H groups in total. The van der Waals surface area contributed by atoms with E-state index in [1.54, 1.807) is 7.11 Å². The molecule has 0 aliphatic carbocycles. The Morgan fingerprint density at radius 1 is 1.50 bits per heavy atom. The van der Waals surface area contributed by atoms with E-state index in [-0.39, 0.29) is 5.97 Å². The molecule has 6 nitrogen and oxygen atoms in total. The fraction of sp³-hybridized carbons (Fsp3) is 0.900. The molecular formula is C10H21N3O3. The Kier molecular flexibility index (Phi) is 6.32. The molecule has 0 spiro atoms. The summed E-state index contributed by atoms with van der Waals surface area (Å²) in [5.41, 5.74) is 1.89. The summed E-state index contributed by atoms with van der Waals surface area (Å²) in [5, 5.41) is 0. The van der Waals surface area contributed by atoms with Crippen LogP contribution in [0, 0.1) is 5.92 Å². The number of hydrazine groups is 1. The zero-order valence-electron chi connectivity index (χ0n) is 9.78. The third-order valence-electron chi connectivity index (χ3n) is 2.91. The van der Waals surface area contributed by atoms with Crippen molar-refractivity contribution in [3.63, 3.8) is 0 Å². The second kappa shape index (κ2) is 7.56. The van der Waals surface area contributed by atoms with Crippen molar-refractivity contribution in [3.05, 3.63) is 0 Å². The number of methoxy groups -OCH3 is 1. The summed E-state index contributed by atoms with van der Waals surface area (Å²) in [5.74, 6) is 5.22. The summed E-state index contributed by atoms with van der Waals surface area (Å²) in [6.45, 7) is 3.63. The van der Waals surface area contributed by atoms with E-state index in [0.29, 0.717) is 12.3 Å². The molecule has 0 radical (unpaired) electrons. The van der Waals surface area contributed by atoms with Gasteiger partial charge in [-0.15, -0.1) is 0 Å². The number of hydrogen-bond acceptors (Lipinski definition) is 6. The van der Waals surface area contributed by atoms with Crippen LogP contribution in [0.5, 0.6) is 0 Å². The maximum Gasteiger partial charge on any atom is 0.327 e. The van der Waals surface area contributed by atoms with Gasteiger partial charge in [-0.2, -0.15) is 0 Å². The van der Waals surface area contributed by atoms with E-state index in [1.807, 2.05) is 5.59 Å². The van der Waals surface area contributed by atoms with Crippen LogP contribution in [0.4, 0.5) is 0 Å². The minimum Gasteiger partial charge on any atom is -0.384 e. The third kappa shape index (κ3) is 4.89. The summed E-state index contributed by atoms with van der Waals surface area (Å²) in [6.07, 6.45) is 2.65. The van der Waals surface area contributed by atoms with E-state index in [0.717, 1.165) is 39.1 Å². The van der Waals surface area contributed by atoms with Gasteiger partial charge in [0.2, 0.25) is 0 Å². The van der Waals surface area contributed by atoms with Crippen molar-refractivity contribution >= 4 is 5.97 Å². The molecule has 0 bridgehead atoms. The normalized spacial score (nSPS) is 18.6. The van der Waals surface area contributed by atoms with Crippen molar-refractivity contribution in [2.75, 3.05) is 33.4 Å². The molecule has 1 saturated heterocycles. The van der Waals surface area contributed by atoms with Gasteiger partial charge >= 0.3 is 5.97 Å². The predicted molar refractivity (Wildman–Crippen MR) is 59.1 cm³/mol. The van der Waals surface area contributed by atoms with E-state index in [9.17, 15) is 4.79 Å². The average Bonchev–Trinajstić information content (AvgIpc) is 2.29. The van der Waals surface area contributed by atoms with Crippen LogP contribution in [0.15, 0.2) is 0 Å². The first-order chi connectivity index (χ1) is 7.76. The number of piperidine rings is 1. The largest absolute Gasteiger partial charge is 0.384 e. The molecule has 1 fully saturated rings. The highest BCUT2D eigenvalue weighted by molar-refractivity contribution is 5.69. The second-order valence-electron chi connectivity index (χ2n) is 4.08. The summed E-state index contributed by atoms with van der Waals surface area (Å²) in [4.78, 5) is 17.7. The summed E-state index contributed by atoms with van der Waals surface area (Å²) >= 11 is 0. The number of carbonyl (C=O) groups is 1. The number of nitrogens with zero attached hydrogens (tertiary/aromatic N) is 1. The van der Waals surface area contributed by atoms with E-state index >= 15 is 0 Å². The molecule has 0 aromatic heterocycles. The Balaban J connectivity index is 2.10. The van der Waals surface area contributed by atoms with Gasteiger partial charge in [0.25, 0.3) is 0 Å². The molecule has 0 amide bonds. The topological polar surface area (TPSA) is 76.8 Å². The molecule has 0 aromatic carbocycles. The Morgan fingerprint density at radius 2 is 2.19 bits per heavy atom. The van der Waals surface area contributed by atoms with Crippen molar-refractivity contribution in [1.82, 2.24) is 10.5 Å². The minimum absolute atomic E-state index is 0.318. The number of rotatable bonds is 6. The molecule has 1 aliphatic rings. The molecule has 1 rings (SSSR count). The molecular weight excluding hydrogens is 210 g/mol. The maximum absolute atomic E-state index is 11.0. The van der Waals surface area contributed by atoms with Gasteiger partial charge in [0.15, 0.2) is 0 Å². The lowest BCUT2D eigenvalue weighted by Gasteiger charge is -2.31. The Bertz CT molecular complexity index is 205. The summed E-state index contributed by atoms with van der Waals surface area (Å²) in [7, 11) is 1.74. The average molecular weight is 231 g/mol. The standard InChI is InChI=1S/C10H21N3O3/c1-15-8-9-2-5-13(6-3-9)7-4-10(14)16-12-11/h9,12H,2-8,11H2,1H3. The Labute approximate surface area is 96.0 Å². The molecule has 6 heteroatoms. The van der Waals surface area contributed by atoms with Gasteiger partial charge in [0.05, 0.1) is 6.42 Å². The molecule has 16 heavy (non-hydrogen) atoms. The number of carbonyl (C=O) groups excluding carboxylic acids is 1. The van der Waals surface area contributed by atoms with Gasteiger partial charge in [0.1, 0.15) is 0 Å². The Morgan fingerprint density at radius 3 is 2.75 bits per heavy atom. The number of hydrogen-bond donors (Lipinski definition) is 2. The van der Waals surface area contributed by atoms with E-state index < -0.39 is 0 Å². The van der Waals surface area contributed by atoms with Crippen molar-refractivity contribution in [1.29, 1.82) is 0 Å². The lowest BCUT2D eigenvalue weighted by atomic mass is 9.98. The highest BCUT2D eigenvalue weighted by Crippen LogP contribution is 2.17. The first-order valence-corrected chi connectivity index (χ1v) is 5.62. The van der Waals surface area contributed by atoms with Crippen LogP contribution in [0.25, 0.3) is 0 Å². The first-order valence-electron chi connectivity index (χ1n) is 5.62. The van der Waals surface area contributed by atoms with Crippen LogP contribution in [-0.4, -0.2) is 44.2 Å². The number of ether oxygens (including phenoxy) is 1. The molecule has 0 saturated carbocycles. The number of likely N-dealkylation sites (tertiary alicyclic amines) is 1. The van der Waals surface area contributed by atoms with Crippen LogP contribution in [0.2, 0.25) is 0 Å². The molecule has 0 unspecified atom stereocenters. The highest BCUT2D eigenvalue weighted by Gasteiger charge is 2.19. The SMILES string of the molecule is COCC1CCN(CCC(=O)ONN)CC1. The minimum atomic E-state index is -0.318. The van der Waals surface area contributed by atoms with Gasteiger partial charge in [-0.1, -0.05) is 5.59 Å². The summed E-state index contributed by atoms with van der Waals surface area (Å²) < 4.78 is 5.13. The smallest absolute Gasteiger partial charge is 0.327 e. The molecule has 94 valence electrons. The number of nitrogens with two attached hydrogens (primary N) is 1. The van der Waals surface area contributed by atoms with Gasteiger partial charge < -0.3 is 14.5 Å². The monoisotopic (exact) mass is 231 g/mol. The van der Waals surface area contributed by atoms with Crippen LogP contribution < -0.4 is 11.4 Å². The molecule has 1 heterocycles. The first kappa shape index (κ1) is 13.4. The Hall–Kier alpha value is -0.690. The van der Waals surface area contributed by atoms with Gasteiger partial charge in [-0.05, 0) is 31.8 Å². The van der Waals surface area contributed by atoms with Crippen LogP contribution in [0.3, 0.4) is 0 Å². The van der Waals surface area contributed by atoms with Crippen molar-refractivity contribution < 1.29 is 14.4 Å².